The van der Waals surface area contributed by atoms with Crippen LogP contribution in [-0.2, 0) is 4.79 Å². The number of amides is 1. The number of carbonyl (C=O) groups excluding carboxylic acids is 1. The number of pyridine rings is 1. The molecule has 0 aliphatic carbocycles. The van der Waals surface area contributed by atoms with E-state index in [9.17, 15) is 4.79 Å². The number of anilines is 1. The van der Waals surface area contributed by atoms with E-state index in [1.54, 1.807) is 12.1 Å². The number of hydrogen-bond donors (Lipinski definition) is 1. The molecule has 1 amide bonds. The van der Waals surface area contributed by atoms with E-state index < -0.39 is 0 Å². The lowest BCUT2D eigenvalue weighted by atomic mass is 10.2. The quantitative estimate of drug-likeness (QED) is 0.879. The lowest BCUT2D eigenvalue weighted by molar-refractivity contribution is -0.111. The third-order valence-electron chi connectivity index (χ3n) is 2.96. The number of aromatic nitrogens is 1. The van der Waals surface area contributed by atoms with Gasteiger partial charge in [-0.15, -0.1) is 0 Å². The summed E-state index contributed by atoms with van der Waals surface area (Å²) in [5.41, 5.74) is 1.72. The summed E-state index contributed by atoms with van der Waals surface area (Å²) in [6.45, 7) is 2.11. The predicted octanol–water partition coefficient (Wildman–Crippen LogP) is 2.77. The van der Waals surface area contributed by atoms with Crippen LogP contribution in [-0.4, -0.2) is 17.7 Å². The molecule has 0 unspecified atom stereocenters. The summed E-state index contributed by atoms with van der Waals surface area (Å²) in [7, 11) is 0. The molecular weight excluding hydrogens is 268 g/mol. The van der Waals surface area contributed by atoms with Gasteiger partial charge in [-0.25, -0.2) is 4.98 Å². The van der Waals surface area contributed by atoms with E-state index in [4.69, 9.17) is 9.47 Å². The first-order valence-corrected chi connectivity index (χ1v) is 6.53. The molecule has 0 saturated carbocycles. The van der Waals surface area contributed by atoms with Crippen molar-refractivity contribution in [2.45, 2.75) is 6.92 Å². The standard InChI is InChI=1S/C16H14N2O3/c1-11-3-2-4-15(17-11)18-16(19)8-6-12-5-7-13-14(9-12)21-10-20-13/h2-9H,10H2,1H3,(H,17,18,19)/b8-6+. The molecule has 21 heavy (non-hydrogen) atoms. The third-order valence-corrected chi connectivity index (χ3v) is 2.96. The van der Waals surface area contributed by atoms with Gasteiger partial charge in [0, 0.05) is 11.8 Å². The molecule has 1 aromatic heterocycles. The fourth-order valence-corrected chi connectivity index (χ4v) is 1.97. The van der Waals surface area contributed by atoms with E-state index in [0.717, 1.165) is 17.0 Å². The van der Waals surface area contributed by atoms with Gasteiger partial charge in [0.1, 0.15) is 5.82 Å². The molecule has 0 bridgehead atoms. The number of nitrogens with one attached hydrogen (secondary N) is 1. The van der Waals surface area contributed by atoms with Crippen molar-refractivity contribution in [1.82, 2.24) is 4.98 Å². The number of nitrogens with zero attached hydrogens (tertiary/aromatic N) is 1. The first-order chi connectivity index (χ1) is 10.2. The Hall–Kier alpha value is -2.82. The maximum atomic E-state index is 11.8. The monoisotopic (exact) mass is 282 g/mol. The second kappa shape index (κ2) is 5.66. The van der Waals surface area contributed by atoms with Crippen molar-refractivity contribution in [3.63, 3.8) is 0 Å². The van der Waals surface area contributed by atoms with Gasteiger partial charge in [-0.05, 0) is 42.8 Å². The highest BCUT2D eigenvalue weighted by Gasteiger charge is 2.12. The van der Waals surface area contributed by atoms with Gasteiger partial charge in [-0.2, -0.15) is 0 Å². The molecular formula is C16H14N2O3. The van der Waals surface area contributed by atoms with Crippen LogP contribution in [0.1, 0.15) is 11.3 Å². The molecule has 1 N–H and O–H groups in total. The van der Waals surface area contributed by atoms with Crippen molar-refractivity contribution >= 4 is 17.8 Å². The van der Waals surface area contributed by atoms with E-state index >= 15 is 0 Å². The van der Waals surface area contributed by atoms with Crippen molar-refractivity contribution in [1.29, 1.82) is 0 Å². The fourth-order valence-electron chi connectivity index (χ4n) is 1.97. The number of benzene rings is 1. The molecule has 0 atom stereocenters. The Kier molecular flexibility index (Phi) is 3.55. The highest BCUT2D eigenvalue weighted by atomic mass is 16.7. The summed E-state index contributed by atoms with van der Waals surface area (Å²) < 4.78 is 10.5. The summed E-state index contributed by atoms with van der Waals surface area (Å²) in [6.07, 6.45) is 3.18. The average molecular weight is 282 g/mol. The van der Waals surface area contributed by atoms with Crippen molar-refractivity contribution < 1.29 is 14.3 Å². The predicted molar refractivity (Wildman–Crippen MR) is 79.2 cm³/mol. The molecule has 1 aromatic carbocycles. The molecule has 1 aliphatic heterocycles. The van der Waals surface area contributed by atoms with Crippen LogP contribution in [0.5, 0.6) is 11.5 Å². The molecule has 106 valence electrons. The van der Waals surface area contributed by atoms with Gasteiger partial charge < -0.3 is 14.8 Å². The number of rotatable bonds is 3. The van der Waals surface area contributed by atoms with Crippen LogP contribution in [0.15, 0.2) is 42.5 Å². The summed E-state index contributed by atoms with van der Waals surface area (Å²) in [4.78, 5) is 16.1. The number of carbonyl (C=O) groups is 1. The highest BCUT2D eigenvalue weighted by molar-refractivity contribution is 6.01. The summed E-state index contributed by atoms with van der Waals surface area (Å²) in [6, 6.07) is 11.0. The van der Waals surface area contributed by atoms with Crippen LogP contribution in [0.3, 0.4) is 0 Å². The van der Waals surface area contributed by atoms with Gasteiger partial charge in [-0.1, -0.05) is 12.1 Å². The highest BCUT2D eigenvalue weighted by Crippen LogP contribution is 2.32. The van der Waals surface area contributed by atoms with Crippen LogP contribution in [0.4, 0.5) is 5.82 Å². The maximum Gasteiger partial charge on any atom is 0.249 e. The molecule has 5 heteroatoms. The Morgan fingerprint density at radius 3 is 2.95 bits per heavy atom. The average Bonchev–Trinajstić information content (AvgIpc) is 2.92. The molecule has 2 heterocycles. The Bertz CT molecular complexity index is 710. The Balaban J connectivity index is 1.67. The molecule has 0 radical (unpaired) electrons. The minimum Gasteiger partial charge on any atom is -0.454 e. The van der Waals surface area contributed by atoms with E-state index in [2.05, 4.69) is 10.3 Å². The van der Waals surface area contributed by atoms with Gasteiger partial charge in [0.25, 0.3) is 0 Å². The zero-order chi connectivity index (χ0) is 14.7. The number of aryl methyl sites for hydroxylation is 1. The molecule has 0 fully saturated rings. The van der Waals surface area contributed by atoms with Crippen molar-refractivity contribution in [3.05, 3.63) is 53.7 Å². The summed E-state index contributed by atoms with van der Waals surface area (Å²) >= 11 is 0. The summed E-state index contributed by atoms with van der Waals surface area (Å²) in [5.74, 6) is 1.72. The minimum absolute atomic E-state index is 0.231. The largest absolute Gasteiger partial charge is 0.454 e. The van der Waals surface area contributed by atoms with Gasteiger partial charge in [0.05, 0.1) is 0 Å². The van der Waals surface area contributed by atoms with Crippen LogP contribution >= 0.6 is 0 Å². The maximum absolute atomic E-state index is 11.8. The van der Waals surface area contributed by atoms with E-state index in [1.165, 1.54) is 6.08 Å². The van der Waals surface area contributed by atoms with Crippen LogP contribution in [0, 0.1) is 6.92 Å². The van der Waals surface area contributed by atoms with Gasteiger partial charge in [0.15, 0.2) is 11.5 Å². The molecule has 3 rings (SSSR count). The van der Waals surface area contributed by atoms with E-state index in [1.807, 2.05) is 37.3 Å². The SMILES string of the molecule is Cc1cccc(NC(=O)/C=C/c2ccc3c(c2)OCO3)n1. The lowest BCUT2D eigenvalue weighted by Gasteiger charge is -2.02. The first-order valence-electron chi connectivity index (χ1n) is 6.53. The smallest absolute Gasteiger partial charge is 0.249 e. The second-order valence-corrected chi connectivity index (χ2v) is 4.60. The zero-order valence-corrected chi connectivity index (χ0v) is 11.5. The van der Waals surface area contributed by atoms with Crippen LogP contribution in [0.2, 0.25) is 0 Å². The van der Waals surface area contributed by atoms with Crippen molar-refractivity contribution in [3.8, 4) is 11.5 Å². The normalized spacial score (nSPS) is 12.6. The van der Waals surface area contributed by atoms with Gasteiger partial charge in [0.2, 0.25) is 12.7 Å². The molecule has 2 aromatic rings. The number of fused-ring (bicyclic) bond motifs is 1. The van der Waals surface area contributed by atoms with Crippen molar-refractivity contribution in [2.75, 3.05) is 12.1 Å². The van der Waals surface area contributed by atoms with Crippen molar-refractivity contribution in [2.24, 2.45) is 0 Å². The number of hydrogen-bond acceptors (Lipinski definition) is 4. The molecule has 0 spiro atoms. The third kappa shape index (κ3) is 3.20. The Morgan fingerprint density at radius 1 is 1.24 bits per heavy atom. The molecule has 0 saturated heterocycles. The second-order valence-electron chi connectivity index (χ2n) is 4.60. The Labute approximate surface area is 122 Å². The lowest BCUT2D eigenvalue weighted by Crippen LogP contribution is -2.09. The topological polar surface area (TPSA) is 60.5 Å². The minimum atomic E-state index is -0.231. The molecule has 5 nitrogen and oxygen atoms in total. The van der Waals surface area contributed by atoms with E-state index in [0.29, 0.717) is 11.6 Å². The van der Waals surface area contributed by atoms with Gasteiger partial charge >= 0.3 is 0 Å². The fraction of sp³-hybridized carbons (Fsp3) is 0.125. The van der Waals surface area contributed by atoms with Crippen LogP contribution in [0.25, 0.3) is 6.08 Å². The first kappa shape index (κ1) is 13.2. The van der Waals surface area contributed by atoms with E-state index in [-0.39, 0.29) is 12.7 Å². The number of ether oxygens (including phenoxy) is 2. The summed E-state index contributed by atoms with van der Waals surface area (Å²) in [5, 5.41) is 2.71. The zero-order valence-electron chi connectivity index (χ0n) is 11.5. The van der Waals surface area contributed by atoms with Crippen LogP contribution < -0.4 is 14.8 Å². The molecule has 1 aliphatic rings. The van der Waals surface area contributed by atoms with Gasteiger partial charge in [-0.3, -0.25) is 4.79 Å². The Morgan fingerprint density at radius 2 is 2.10 bits per heavy atom.